The maximum Gasteiger partial charge on any atom is 0.243 e. The van der Waals surface area contributed by atoms with Crippen molar-refractivity contribution < 1.29 is 9.59 Å². The Hall–Kier alpha value is -2.41. The summed E-state index contributed by atoms with van der Waals surface area (Å²) in [6, 6.07) is 8.13. The predicted octanol–water partition coefficient (Wildman–Crippen LogP) is 2.67. The Morgan fingerprint density at radius 2 is 1.89 bits per heavy atom. The molecular formula is C21H28N4O2S. The summed E-state index contributed by atoms with van der Waals surface area (Å²) < 4.78 is 0. The monoisotopic (exact) mass is 400 g/mol. The summed E-state index contributed by atoms with van der Waals surface area (Å²) in [5.74, 6) is -0.200. The fraction of sp³-hybridized carbons (Fsp3) is 0.476. The predicted molar refractivity (Wildman–Crippen MR) is 112 cm³/mol. The molecule has 4 N–H and O–H groups in total. The number of nitrogens with zero attached hydrogens (tertiary/aromatic N) is 1. The number of rotatable bonds is 8. The van der Waals surface area contributed by atoms with Crippen molar-refractivity contribution in [2.75, 3.05) is 5.32 Å². The van der Waals surface area contributed by atoms with Crippen LogP contribution in [0.25, 0.3) is 0 Å². The first-order valence-electron chi connectivity index (χ1n) is 9.71. The van der Waals surface area contributed by atoms with Gasteiger partial charge in [0.05, 0.1) is 12.1 Å². The second-order valence-corrected chi connectivity index (χ2v) is 8.61. The van der Waals surface area contributed by atoms with Gasteiger partial charge in [-0.25, -0.2) is 4.98 Å². The highest BCUT2D eigenvalue weighted by Gasteiger charge is 2.43. The minimum atomic E-state index is -1.05. The van der Waals surface area contributed by atoms with Gasteiger partial charge in [-0.05, 0) is 24.0 Å². The van der Waals surface area contributed by atoms with Crippen molar-refractivity contribution in [3.05, 3.63) is 46.5 Å². The zero-order valence-electron chi connectivity index (χ0n) is 16.6. The molecule has 150 valence electrons. The van der Waals surface area contributed by atoms with Crippen molar-refractivity contribution in [3.63, 3.8) is 0 Å². The summed E-state index contributed by atoms with van der Waals surface area (Å²) in [6.45, 7) is 6.50. The molecule has 0 radical (unpaired) electrons. The van der Waals surface area contributed by atoms with Crippen LogP contribution in [0.4, 0.5) is 5.13 Å². The molecule has 0 saturated carbocycles. The lowest BCUT2D eigenvalue weighted by Gasteiger charge is -2.26. The maximum atomic E-state index is 12.6. The molecule has 1 aromatic carbocycles. The summed E-state index contributed by atoms with van der Waals surface area (Å²) in [5, 5.41) is 8.99. The minimum Gasteiger partial charge on any atom is -0.368 e. The molecule has 2 amide bonds. The molecule has 0 aliphatic heterocycles. The number of hydrogen-bond donors (Lipinski definition) is 3. The Balaban J connectivity index is 1.63. The van der Waals surface area contributed by atoms with Gasteiger partial charge in [0.25, 0.3) is 0 Å². The highest BCUT2D eigenvalue weighted by Crippen LogP contribution is 2.30. The SMILES string of the molecule is CCC(C)C(C)Nc1nc(CC(=O)NC2(C(N)=O)Cc3ccccc3C2)cs1. The highest BCUT2D eigenvalue weighted by molar-refractivity contribution is 7.13. The van der Waals surface area contributed by atoms with Crippen LogP contribution in [-0.2, 0) is 28.9 Å². The number of thiazole rings is 1. The first-order valence-corrected chi connectivity index (χ1v) is 10.6. The lowest BCUT2D eigenvalue weighted by Crippen LogP contribution is -2.58. The number of anilines is 1. The number of nitrogens with one attached hydrogen (secondary N) is 2. The van der Waals surface area contributed by atoms with Crippen LogP contribution in [0, 0.1) is 5.92 Å². The summed E-state index contributed by atoms with van der Waals surface area (Å²) in [5.41, 5.74) is 7.43. The molecule has 2 atom stereocenters. The zero-order valence-corrected chi connectivity index (χ0v) is 17.4. The topological polar surface area (TPSA) is 97.1 Å². The number of hydrogen-bond acceptors (Lipinski definition) is 5. The number of aromatic nitrogens is 1. The van der Waals surface area contributed by atoms with Crippen LogP contribution in [0.1, 0.15) is 44.0 Å². The van der Waals surface area contributed by atoms with Crippen molar-refractivity contribution in [1.29, 1.82) is 0 Å². The Kier molecular flexibility index (Phi) is 6.03. The fourth-order valence-corrected chi connectivity index (χ4v) is 4.37. The summed E-state index contributed by atoms with van der Waals surface area (Å²) >= 11 is 1.49. The van der Waals surface area contributed by atoms with E-state index < -0.39 is 11.4 Å². The zero-order chi connectivity index (χ0) is 20.3. The van der Waals surface area contributed by atoms with Gasteiger partial charge in [-0.2, -0.15) is 0 Å². The lowest BCUT2D eigenvalue weighted by atomic mass is 9.94. The molecule has 1 aliphatic carbocycles. The second-order valence-electron chi connectivity index (χ2n) is 7.76. The van der Waals surface area contributed by atoms with Gasteiger partial charge in [-0.3, -0.25) is 9.59 Å². The molecular weight excluding hydrogens is 372 g/mol. The quantitative estimate of drug-likeness (QED) is 0.635. The highest BCUT2D eigenvalue weighted by atomic mass is 32.1. The third kappa shape index (κ3) is 4.35. The van der Waals surface area contributed by atoms with Gasteiger partial charge in [0.2, 0.25) is 11.8 Å². The number of amides is 2. The molecule has 2 unspecified atom stereocenters. The Bertz CT molecular complexity index is 839. The van der Waals surface area contributed by atoms with Crippen LogP contribution in [-0.4, -0.2) is 28.4 Å². The van der Waals surface area contributed by atoms with Gasteiger partial charge in [0.1, 0.15) is 5.54 Å². The van der Waals surface area contributed by atoms with E-state index in [-0.39, 0.29) is 12.3 Å². The molecule has 1 aliphatic rings. The number of fused-ring (bicyclic) bond motifs is 1. The van der Waals surface area contributed by atoms with E-state index in [0.717, 1.165) is 22.7 Å². The van der Waals surface area contributed by atoms with Gasteiger partial charge in [-0.1, -0.05) is 44.5 Å². The average molecular weight is 401 g/mol. The normalized spacial score (nSPS) is 16.8. The fourth-order valence-electron chi connectivity index (χ4n) is 3.56. The Morgan fingerprint density at radius 3 is 2.46 bits per heavy atom. The van der Waals surface area contributed by atoms with Crippen LogP contribution in [0.5, 0.6) is 0 Å². The van der Waals surface area contributed by atoms with E-state index in [0.29, 0.717) is 30.5 Å². The average Bonchev–Trinajstić information content (AvgIpc) is 3.25. The number of primary amides is 1. The van der Waals surface area contributed by atoms with Crippen molar-refractivity contribution in [2.45, 2.75) is 58.0 Å². The van der Waals surface area contributed by atoms with E-state index in [4.69, 9.17) is 5.73 Å². The molecule has 0 saturated heterocycles. The van der Waals surface area contributed by atoms with E-state index in [1.165, 1.54) is 11.3 Å². The summed E-state index contributed by atoms with van der Waals surface area (Å²) in [7, 11) is 0. The third-order valence-corrected chi connectivity index (χ3v) is 6.52. The van der Waals surface area contributed by atoms with Crippen LogP contribution >= 0.6 is 11.3 Å². The van der Waals surface area contributed by atoms with E-state index in [1.54, 1.807) is 0 Å². The van der Waals surface area contributed by atoms with Gasteiger partial charge in [0, 0.05) is 24.3 Å². The van der Waals surface area contributed by atoms with Gasteiger partial charge >= 0.3 is 0 Å². The molecule has 7 heteroatoms. The lowest BCUT2D eigenvalue weighted by molar-refractivity contribution is -0.131. The maximum absolute atomic E-state index is 12.6. The summed E-state index contributed by atoms with van der Waals surface area (Å²) in [6.07, 6.45) is 2.08. The largest absolute Gasteiger partial charge is 0.368 e. The van der Waals surface area contributed by atoms with E-state index in [1.807, 2.05) is 29.6 Å². The molecule has 1 heterocycles. The van der Waals surface area contributed by atoms with E-state index >= 15 is 0 Å². The van der Waals surface area contributed by atoms with E-state index in [2.05, 4.69) is 36.4 Å². The second kappa shape index (κ2) is 8.31. The third-order valence-electron chi connectivity index (χ3n) is 5.70. The number of carbonyl (C=O) groups is 2. The number of nitrogens with two attached hydrogens (primary N) is 1. The molecule has 28 heavy (non-hydrogen) atoms. The molecule has 6 nitrogen and oxygen atoms in total. The first-order chi connectivity index (χ1) is 13.3. The molecule has 0 fully saturated rings. The molecule has 2 aromatic rings. The van der Waals surface area contributed by atoms with Gasteiger partial charge in [0.15, 0.2) is 5.13 Å². The molecule has 1 aromatic heterocycles. The number of carbonyl (C=O) groups excluding carboxylic acids is 2. The van der Waals surface area contributed by atoms with Crippen LogP contribution < -0.4 is 16.4 Å². The van der Waals surface area contributed by atoms with Crippen LogP contribution in [0.3, 0.4) is 0 Å². The van der Waals surface area contributed by atoms with Crippen molar-refractivity contribution in [1.82, 2.24) is 10.3 Å². The summed E-state index contributed by atoms with van der Waals surface area (Å²) in [4.78, 5) is 29.3. The van der Waals surface area contributed by atoms with E-state index in [9.17, 15) is 9.59 Å². The Labute approximate surface area is 169 Å². The van der Waals surface area contributed by atoms with Crippen molar-refractivity contribution in [2.24, 2.45) is 11.7 Å². The molecule has 0 spiro atoms. The van der Waals surface area contributed by atoms with Crippen molar-refractivity contribution in [3.8, 4) is 0 Å². The smallest absolute Gasteiger partial charge is 0.243 e. The van der Waals surface area contributed by atoms with Crippen LogP contribution in [0.15, 0.2) is 29.6 Å². The van der Waals surface area contributed by atoms with Gasteiger partial charge in [-0.15, -0.1) is 11.3 Å². The minimum absolute atomic E-state index is 0.126. The first kappa shape index (κ1) is 20.3. The molecule has 0 bridgehead atoms. The van der Waals surface area contributed by atoms with Crippen molar-refractivity contribution >= 4 is 28.3 Å². The Morgan fingerprint density at radius 1 is 1.25 bits per heavy atom. The molecule has 3 rings (SSSR count). The number of benzene rings is 1. The standard InChI is InChI=1S/C21H28N4O2S/c1-4-13(2)14(3)23-20-24-17(12-28-20)9-18(26)25-21(19(22)27)10-15-7-5-6-8-16(15)11-21/h5-8,12-14H,4,9-11H2,1-3H3,(H2,22,27)(H,23,24)(H,25,26). The van der Waals surface area contributed by atoms with Crippen LogP contribution in [0.2, 0.25) is 0 Å². The van der Waals surface area contributed by atoms with Gasteiger partial charge < -0.3 is 16.4 Å².